The van der Waals surface area contributed by atoms with Crippen LogP contribution < -0.4 is 5.32 Å². The van der Waals surface area contributed by atoms with Crippen LogP contribution in [-0.4, -0.2) is 48.8 Å². The Hall–Kier alpha value is -0.120. The second-order valence-electron chi connectivity index (χ2n) is 4.69. The summed E-state index contributed by atoms with van der Waals surface area (Å²) in [5, 5.41) is 12.4. The van der Waals surface area contributed by atoms with Gasteiger partial charge in [-0.15, -0.1) is 0 Å². The first-order valence-electron chi connectivity index (χ1n) is 5.95. The summed E-state index contributed by atoms with van der Waals surface area (Å²) in [6.07, 6.45) is 5.39. The highest BCUT2D eigenvalue weighted by Gasteiger charge is 2.23. The summed E-state index contributed by atoms with van der Waals surface area (Å²) in [6, 6.07) is 0.852. The van der Waals surface area contributed by atoms with Gasteiger partial charge in [-0.2, -0.15) is 0 Å². The molecule has 0 radical (unpaired) electrons. The van der Waals surface area contributed by atoms with Crippen molar-refractivity contribution in [3.8, 4) is 0 Å². The summed E-state index contributed by atoms with van der Waals surface area (Å²) in [4.78, 5) is 2.37. The van der Waals surface area contributed by atoms with Gasteiger partial charge in [0.25, 0.3) is 0 Å². The molecular formula is C11H22N2O. The van der Waals surface area contributed by atoms with Gasteiger partial charge in [-0.1, -0.05) is 0 Å². The van der Waals surface area contributed by atoms with Crippen molar-refractivity contribution < 1.29 is 5.11 Å². The average Bonchev–Trinajstić information content (AvgIpc) is 3.01. The van der Waals surface area contributed by atoms with Crippen LogP contribution in [0, 0.1) is 5.92 Å². The van der Waals surface area contributed by atoms with Crippen LogP contribution in [0.1, 0.15) is 25.7 Å². The van der Waals surface area contributed by atoms with Gasteiger partial charge in [0, 0.05) is 12.6 Å². The van der Waals surface area contributed by atoms with Gasteiger partial charge in [0.2, 0.25) is 0 Å². The molecule has 0 aromatic carbocycles. The molecular weight excluding hydrogens is 176 g/mol. The van der Waals surface area contributed by atoms with E-state index in [0.717, 1.165) is 18.5 Å². The molecule has 0 aromatic heterocycles. The highest BCUT2D eigenvalue weighted by Crippen LogP contribution is 2.21. The number of hydrogen-bond donors (Lipinski definition) is 2. The van der Waals surface area contributed by atoms with E-state index >= 15 is 0 Å². The fraction of sp³-hybridized carbons (Fsp3) is 1.00. The number of hydrogen-bond acceptors (Lipinski definition) is 3. The molecule has 2 rings (SSSR count). The van der Waals surface area contributed by atoms with Crippen LogP contribution in [-0.2, 0) is 0 Å². The Kier molecular flexibility index (Phi) is 3.79. The normalized spacial score (nSPS) is 25.5. The molecule has 2 fully saturated rings. The first-order valence-corrected chi connectivity index (χ1v) is 5.95. The third kappa shape index (κ3) is 3.23. The third-order valence-electron chi connectivity index (χ3n) is 3.40. The standard InChI is InChI=1S/C11H22N2O/c14-8-7-13-5-3-10(4-6-13)9-12-11-1-2-11/h10-12,14H,1-9H2. The molecule has 2 aliphatic rings. The summed E-state index contributed by atoms with van der Waals surface area (Å²) < 4.78 is 0. The van der Waals surface area contributed by atoms with Gasteiger partial charge in [0.1, 0.15) is 0 Å². The van der Waals surface area contributed by atoms with Crippen LogP contribution in [0.5, 0.6) is 0 Å². The van der Waals surface area contributed by atoms with E-state index in [2.05, 4.69) is 10.2 Å². The van der Waals surface area contributed by atoms with Crippen molar-refractivity contribution in [1.29, 1.82) is 0 Å². The molecule has 2 N–H and O–H groups in total. The third-order valence-corrected chi connectivity index (χ3v) is 3.40. The maximum Gasteiger partial charge on any atom is 0.0558 e. The number of rotatable bonds is 5. The van der Waals surface area contributed by atoms with Crippen LogP contribution in [0.25, 0.3) is 0 Å². The van der Waals surface area contributed by atoms with Crippen LogP contribution in [0.3, 0.4) is 0 Å². The van der Waals surface area contributed by atoms with E-state index in [-0.39, 0.29) is 0 Å². The van der Waals surface area contributed by atoms with Gasteiger partial charge in [-0.25, -0.2) is 0 Å². The van der Waals surface area contributed by atoms with Crippen LogP contribution in [0.15, 0.2) is 0 Å². The van der Waals surface area contributed by atoms with Crippen LogP contribution >= 0.6 is 0 Å². The molecule has 0 bridgehead atoms. The second-order valence-corrected chi connectivity index (χ2v) is 4.69. The van der Waals surface area contributed by atoms with Crippen molar-refractivity contribution in [2.45, 2.75) is 31.7 Å². The zero-order valence-corrected chi connectivity index (χ0v) is 8.91. The first-order chi connectivity index (χ1) is 6.88. The van der Waals surface area contributed by atoms with E-state index in [4.69, 9.17) is 5.11 Å². The summed E-state index contributed by atoms with van der Waals surface area (Å²) in [5.41, 5.74) is 0. The fourth-order valence-corrected chi connectivity index (χ4v) is 2.18. The Labute approximate surface area is 86.5 Å². The largest absolute Gasteiger partial charge is 0.395 e. The zero-order valence-electron chi connectivity index (χ0n) is 8.91. The Morgan fingerprint density at radius 2 is 1.86 bits per heavy atom. The number of likely N-dealkylation sites (tertiary alicyclic amines) is 1. The Morgan fingerprint density at radius 1 is 1.14 bits per heavy atom. The molecule has 0 atom stereocenters. The minimum atomic E-state index is 0.311. The van der Waals surface area contributed by atoms with Crippen molar-refractivity contribution >= 4 is 0 Å². The molecule has 3 heteroatoms. The molecule has 0 amide bonds. The van der Waals surface area contributed by atoms with E-state index in [1.165, 1.54) is 45.3 Å². The van der Waals surface area contributed by atoms with Crippen molar-refractivity contribution in [1.82, 2.24) is 10.2 Å². The SMILES string of the molecule is OCCN1CCC(CNC2CC2)CC1. The number of nitrogens with zero attached hydrogens (tertiary/aromatic N) is 1. The lowest BCUT2D eigenvalue weighted by molar-refractivity contribution is 0.146. The zero-order chi connectivity index (χ0) is 9.80. The molecule has 1 saturated carbocycles. The van der Waals surface area contributed by atoms with Crippen molar-refractivity contribution in [2.24, 2.45) is 5.92 Å². The van der Waals surface area contributed by atoms with E-state index < -0.39 is 0 Å². The molecule has 82 valence electrons. The number of β-amino-alcohol motifs (C(OH)–C–C–N with tert-alkyl or cyclic N) is 1. The summed E-state index contributed by atoms with van der Waals surface area (Å²) in [7, 11) is 0. The van der Waals surface area contributed by atoms with Gasteiger partial charge in [0.15, 0.2) is 0 Å². The van der Waals surface area contributed by atoms with Gasteiger partial charge >= 0.3 is 0 Å². The Balaban J connectivity index is 1.57. The lowest BCUT2D eigenvalue weighted by atomic mass is 9.97. The predicted molar refractivity (Wildman–Crippen MR) is 57.3 cm³/mol. The van der Waals surface area contributed by atoms with Crippen molar-refractivity contribution in [2.75, 3.05) is 32.8 Å². The van der Waals surface area contributed by atoms with Gasteiger partial charge in [-0.3, -0.25) is 0 Å². The van der Waals surface area contributed by atoms with E-state index in [1.54, 1.807) is 0 Å². The Bertz CT molecular complexity index is 163. The minimum Gasteiger partial charge on any atom is -0.395 e. The molecule has 14 heavy (non-hydrogen) atoms. The summed E-state index contributed by atoms with van der Waals surface area (Å²) >= 11 is 0. The van der Waals surface area contributed by atoms with Crippen LogP contribution in [0.2, 0.25) is 0 Å². The van der Waals surface area contributed by atoms with Crippen LogP contribution in [0.4, 0.5) is 0 Å². The molecule has 1 saturated heterocycles. The van der Waals surface area contributed by atoms with Crippen molar-refractivity contribution in [3.05, 3.63) is 0 Å². The molecule has 3 nitrogen and oxygen atoms in total. The van der Waals surface area contributed by atoms with E-state index in [1.807, 2.05) is 0 Å². The molecule has 1 heterocycles. The monoisotopic (exact) mass is 198 g/mol. The number of aliphatic hydroxyl groups excluding tert-OH is 1. The first kappa shape index (κ1) is 10.4. The highest BCUT2D eigenvalue weighted by atomic mass is 16.3. The summed E-state index contributed by atoms with van der Waals surface area (Å²) in [6.45, 7) is 4.75. The van der Waals surface area contributed by atoms with Gasteiger partial charge in [-0.05, 0) is 51.2 Å². The summed E-state index contributed by atoms with van der Waals surface area (Å²) in [5.74, 6) is 0.880. The Morgan fingerprint density at radius 3 is 2.43 bits per heavy atom. The lowest BCUT2D eigenvalue weighted by Crippen LogP contribution is -2.38. The lowest BCUT2D eigenvalue weighted by Gasteiger charge is -2.31. The topological polar surface area (TPSA) is 35.5 Å². The molecule has 0 aromatic rings. The highest BCUT2D eigenvalue weighted by molar-refractivity contribution is 4.83. The molecule has 0 spiro atoms. The molecule has 1 aliphatic carbocycles. The van der Waals surface area contributed by atoms with Crippen molar-refractivity contribution in [3.63, 3.8) is 0 Å². The molecule has 1 aliphatic heterocycles. The quantitative estimate of drug-likeness (QED) is 0.673. The van der Waals surface area contributed by atoms with E-state index in [0.29, 0.717) is 6.61 Å². The number of aliphatic hydroxyl groups is 1. The van der Waals surface area contributed by atoms with Gasteiger partial charge < -0.3 is 15.3 Å². The minimum absolute atomic E-state index is 0.311. The predicted octanol–water partition coefficient (Wildman–Crippen LogP) is 0.443. The number of nitrogens with one attached hydrogen (secondary N) is 1. The second kappa shape index (κ2) is 5.10. The van der Waals surface area contributed by atoms with Gasteiger partial charge in [0.05, 0.1) is 6.61 Å². The maximum absolute atomic E-state index is 8.81. The smallest absolute Gasteiger partial charge is 0.0558 e. The van der Waals surface area contributed by atoms with E-state index in [9.17, 15) is 0 Å². The molecule has 0 unspecified atom stereocenters. The average molecular weight is 198 g/mol. The fourth-order valence-electron chi connectivity index (χ4n) is 2.18. The number of piperidine rings is 1. The maximum atomic E-state index is 8.81.